The second kappa shape index (κ2) is 10.3. The summed E-state index contributed by atoms with van der Waals surface area (Å²) in [6, 6.07) is 5.56. The van der Waals surface area contributed by atoms with Gasteiger partial charge in [-0.2, -0.15) is 0 Å². The Labute approximate surface area is 153 Å². The van der Waals surface area contributed by atoms with Crippen LogP contribution in [0, 0.1) is 0 Å². The molecule has 1 aromatic carbocycles. The van der Waals surface area contributed by atoms with E-state index in [4.69, 9.17) is 21.4 Å². The molecule has 6 nitrogen and oxygen atoms in total. The molecule has 1 heterocycles. The Morgan fingerprint density at radius 1 is 1.28 bits per heavy atom. The first-order valence-electron chi connectivity index (χ1n) is 8.65. The summed E-state index contributed by atoms with van der Waals surface area (Å²) in [5.41, 5.74) is 1.91. The van der Waals surface area contributed by atoms with E-state index >= 15 is 0 Å². The number of fused-ring (bicyclic) bond motifs is 1. The molecule has 0 atom stereocenters. The van der Waals surface area contributed by atoms with Gasteiger partial charge in [0.2, 0.25) is 5.91 Å². The van der Waals surface area contributed by atoms with Crippen molar-refractivity contribution in [2.24, 2.45) is 0 Å². The van der Waals surface area contributed by atoms with E-state index < -0.39 is 0 Å². The van der Waals surface area contributed by atoms with Crippen LogP contribution in [0.2, 0.25) is 0 Å². The van der Waals surface area contributed by atoms with Crippen molar-refractivity contribution in [3.63, 3.8) is 0 Å². The number of nitrogens with one attached hydrogen (secondary N) is 1. The average Bonchev–Trinajstić information content (AvgIpc) is 2.65. The van der Waals surface area contributed by atoms with Crippen molar-refractivity contribution >= 4 is 29.1 Å². The van der Waals surface area contributed by atoms with E-state index in [-0.39, 0.29) is 30.9 Å². The predicted molar refractivity (Wildman–Crippen MR) is 97.3 cm³/mol. The molecular weight excluding hydrogens is 344 g/mol. The van der Waals surface area contributed by atoms with Crippen molar-refractivity contribution < 1.29 is 19.4 Å². The van der Waals surface area contributed by atoms with Crippen LogP contribution in [0.5, 0.6) is 5.75 Å². The van der Waals surface area contributed by atoms with Crippen molar-refractivity contribution in [3.8, 4) is 5.75 Å². The van der Waals surface area contributed by atoms with Gasteiger partial charge in [0.05, 0.1) is 5.69 Å². The number of carbonyl (C=O) groups is 2. The molecule has 0 aromatic heterocycles. The number of nitrogens with zero attached hydrogens (tertiary/aromatic N) is 1. The molecule has 0 aliphatic carbocycles. The quantitative estimate of drug-likeness (QED) is 0.515. The number of unbranched alkanes of at least 4 members (excludes halogenated alkanes) is 2. The number of alkyl halides is 1. The van der Waals surface area contributed by atoms with Gasteiger partial charge in [-0.05, 0) is 43.7 Å². The third kappa shape index (κ3) is 5.90. The van der Waals surface area contributed by atoms with Crippen molar-refractivity contribution in [2.45, 2.75) is 32.1 Å². The molecule has 0 radical (unpaired) electrons. The highest BCUT2D eigenvalue weighted by Gasteiger charge is 2.22. The zero-order chi connectivity index (χ0) is 18.1. The third-order valence-electron chi connectivity index (χ3n) is 4.12. The van der Waals surface area contributed by atoms with E-state index in [1.54, 1.807) is 11.0 Å². The van der Waals surface area contributed by atoms with Gasteiger partial charge < -0.3 is 20.1 Å². The van der Waals surface area contributed by atoms with Crippen LogP contribution in [0.3, 0.4) is 0 Å². The van der Waals surface area contributed by atoms with Crippen LogP contribution in [0.25, 0.3) is 0 Å². The van der Waals surface area contributed by atoms with E-state index in [1.807, 2.05) is 12.1 Å². The van der Waals surface area contributed by atoms with Gasteiger partial charge in [-0.25, -0.2) is 0 Å². The maximum atomic E-state index is 12.0. The average molecular weight is 369 g/mol. The molecule has 2 amide bonds. The Morgan fingerprint density at radius 3 is 2.88 bits per heavy atom. The number of amides is 2. The monoisotopic (exact) mass is 368 g/mol. The summed E-state index contributed by atoms with van der Waals surface area (Å²) in [6.07, 6.45) is 4.29. The highest BCUT2D eigenvalue weighted by Crippen LogP contribution is 2.31. The van der Waals surface area contributed by atoms with Gasteiger partial charge in [-0.15, -0.1) is 11.6 Å². The minimum atomic E-state index is -0.185. The second-order valence-electron chi connectivity index (χ2n) is 6.00. The van der Waals surface area contributed by atoms with Gasteiger partial charge >= 0.3 is 0 Å². The molecule has 0 saturated carbocycles. The van der Waals surface area contributed by atoms with Crippen LogP contribution in [0.15, 0.2) is 18.2 Å². The molecule has 1 aliphatic heterocycles. The predicted octanol–water partition coefficient (Wildman–Crippen LogP) is 1.86. The fourth-order valence-electron chi connectivity index (χ4n) is 2.82. The van der Waals surface area contributed by atoms with Crippen LogP contribution in [0.1, 0.15) is 31.2 Å². The lowest BCUT2D eigenvalue weighted by Gasteiger charge is -2.29. The molecule has 0 bridgehead atoms. The Kier molecular flexibility index (Phi) is 8.01. The normalized spacial score (nSPS) is 13.3. The largest absolute Gasteiger partial charge is 0.484 e. The van der Waals surface area contributed by atoms with Crippen LogP contribution in [0.4, 0.5) is 5.69 Å². The van der Waals surface area contributed by atoms with Crippen molar-refractivity contribution in [1.82, 2.24) is 5.32 Å². The van der Waals surface area contributed by atoms with Crippen molar-refractivity contribution in [1.29, 1.82) is 0 Å². The minimum absolute atomic E-state index is 0.0524. The van der Waals surface area contributed by atoms with Crippen LogP contribution in [-0.2, 0) is 16.0 Å². The van der Waals surface area contributed by atoms with E-state index in [2.05, 4.69) is 5.32 Å². The van der Waals surface area contributed by atoms with E-state index in [9.17, 15) is 9.59 Å². The number of hydrogen-bond donors (Lipinski definition) is 2. The SMILES string of the molecule is O=C(COc1ccc2c(c1)N(C(=O)CCl)CCC2)NCCCCCO. The summed E-state index contributed by atoms with van der Waals surface area (Å²) >= 11 is 5.69. The topological polar surface area (TPSA) is 78.9 Å². The highest BCUT2D eigenvalue weighted by atomic mass is 35.5. The molecule has 2 rings (SSSR count). The Morgan fingerprint density at radius 2 is 2.12 bits per heavy atom. The van der Waals surface area contributed by atoms with Gasteiger partial charge in [0, 0.05) is 25.8 Å². The molecule has 1 aliphatic rings. The second-order valence-corrected chi connectivity index (χ2v) is 6.26. The molecule has 2 N–H and O–H groups in total. The number of halogens is 1. The van der Waals surface area contributed by atoms with Crippen molar-refractivity contribution in [2.75, 3.05) is 37.1 Å². The first kappa shape index (κ1) is 19.5. The molecule has 0 unspecified atom stereocenters. The summed E-state index contributed by atoms with van der Waals surface area (Å²) in [6.45, 7) is 1.33. The van der Waals surface area contributed by atoms with Crippen LogP contribution < -0.4 is 15.0 Å². The number of aryl methyl sites for hydroxylation is 1. The third-order valence-corrected chi connectivity index (χ3v) is 4.35. The van der Waals surface area contributed by atoms with Crippen molar-refractivity contribution in [3.05, 3.63) is 23.8 Å². The van der Waals surface area contributed by atoms with Gasteiger partial charge in [-0.1, -0.05) is 6.07 Å². The van der Waals surface area contributed by atoms with E-state index in [1.165, 1.54) is 0 Å². The standard InChI is InChI=1S/C18H25ClN2O4/c19-12-18(24)21-9-4-5-14-6-7-15(11-16(14)21)25-13-17(23)20-8-2-1-3-10-22/h6-7,11,22H,1-5,8-10,12-13H2,(H,20,23). The summed E-state index contributed by atoms with van der Waals surface area (Å²) < 4.78 is 5.55. The number of benzene rings is 1. The molecule has 25 heavy (non-hydrogen) atoms. The summed E-state index contributed by atoms with van der Waals surface area (Å²) in [5.74, 6) is 0.197. The number of anilines is 1. The number of aliphatic hydroxyl groups is 1. The van der Waals surface area contributed by atoms with Gasteiger partial charge in [-0.3, -0.25) is 9.59 Å². The number of ether oxygens (including phenoxy) is 1. The molecule has 7 heteroatoms. The lowest BCUT2D eigenvalue weighted by atomic mass is 10.0. The maximum Gasteiger partial charge on any atom is 0.257 e. The number of aliphatic hydroxyl groups excluding tert-OH is 1. The highest BCUT2D eigenvalue weighted by molar-refractivity contribution is 6.29. The Balaban J connectivity index is 1.87. The lowest BCUT2D eigenvalue weighted by molar-refractivity contribution is -0.123. The number of rotatable bonds is 9. The van der Waals surface area contributed by atoms with Gasteiger partial charge in [0.25, 0.3) is 5.91 Å². The smallest absolute Gasteiger partial charge is 0.257 e. The summed E-state index contributed by atoms with van der Waals surface area (Å²) in [5, 5.41) is 11.5. The first-order valence-corrected chi connectivity index (χ1v) is 9.18. The Hall–Kier alpha value is -1.79. The first-order chi connectivity index (χ1) is 12.2. The number of carbonyl (C=O) groups excluding carboxylic acids is 2. The molecule has 1 aromatic rings. The minimum Gasteiger partial charge on any atom is -0.484 e. The molecule has 0 spiro atoms. The zero-order valence-corrected chi connectivity index (χ0v) is 15.1. The lowest BCUT2D eigenvalue weighted by Crippen LogP contribution is -2.36. The number of hydrogen-bond acceptors (Lipinski definition) is 4. The van der Waals surface area contributed by atoms with E-state index in [0.717, 1.165) is 43.4 Å². The molecule has 0 fully saturated rings. The van der Waals surface area contributed by atoms with Crippen LogP contribution in [-0.4, -0.2) is 49.1 Å². The molecule has 138 valence electrons. The Bertz CT molecular complexity index is 594. The van der Waals surface area contributed by atoms with Gasteiger partial charge in [0.15, 0.2) is 6.61 Å². The fourth-order valence-corrected chi connectivity index (χ4v) is 2.96. The van der Waals surface area contributed by atoms with Gasteiger partial charge in [0.1, 0.15) is 11.6 Å². The van der Waals surface area contributed by atoms with Crippen LogP contribution >= 0.6 is 11.6 Å². The molecule has 0 saturated heterocycles. The summed E-state index contributed by atoms with van der Waals surface area (Å²) in [4.78, 5) is 25.4. The maximum absolute atomic E-state index is 12.0. The summed E-state index contributed by atoms with van der Waals surface area (Å²) in [7, 11) is 0. The fraction of sp³-hybridized carbons (Fsp3) is 0.556. The zero-order valence-electron chi connectivity index (χ0n) is 14.3. The molecular formula is C18H25ClN2O4. The van der Waals surface area contributed by atoms with E-state index in [0.29, 0.717) is 18.8 Å².